The van der Waals surface area contributed by atoms with E-state index in [4.69, 9.17) is 5.73 Å². The van der Waals surface area contributed by atoms with Gasteiger partial charge in [0.2, 0.25) is 23.6 Å². The molecule has 0 aromatic heterocycles. The maximum atomic E-state index is 14.0. The summed E-state index contributed by atoms with van der Waals surface area (Å²) in [5.74, 6) is -4.08. The Morgan fingerprint density at radius 2 is 1.75 bits per heavy atom. The number of anilines is 1. The van der Waals surface area contributed by atoms with Gasteiger partial charge < -0.3 is 31.9 Å². The van der Waals surface area contributed by atoms with Gasteiger partial charge in [0, 0.05) is 31.3 Å². The van der Waals surface area contributed by atoms with Crippen LogP contribution in [-0.4, -0.2) is 65.8 Å². The quantitative estimate of drug-likeness (QED) is 0.205. The molecule has 1 aromatic rings. The topological polar surface area (TPSA) is 163 Å². The van der Waals surface area contributed by atoms with Crippen molar-refractivity contribution >= 4 is 35.3 Å². The average Bonchev–Trinajstić information content (AvgIpc) is 3.25. The molecule has 1 aliphatic rings. The van der Waals surface area contributed by atoms with Crippen LogP contribution in [0, 0.1) is 11.6 Å². The molecule has 0 radical (unpaired) electrons. The Morgan fingerprint density at radius 3 is 2.35 bits per heavy atom. The van der Waals surface area contributed by atoms with Crippen LogP contribution < -0.4 is 27.0 Å². The van der Waals surface area contributed by atoms with Crippen LogP contribution in [0.4, 0.5) is 19.3 Å². The predicted octanol–water partition coefficient (Wildman–Crippen LogP) is 1.85. The summed E-state index contributed by atoms with van der Waals surface area (Å²) in [6.45, 7) is 7.33. The number of rotatable bonds is 11. The van der Waals surface area contributed by atoms with Crippen LogP contribution in [0.25, 0.3) is 0 Å². The van der Waals surface area contributed by atoms with Gasteiger partial charge in [-0.25, -0.2) is 13.6 Å². The zero-order valence-corrected chi connectivity index (χ0v) is 23.0. The molecule has 2 rings (SSSR count). The zero-order valence-electron chi connectivity index (χ0n) is 23.0. The summed E-state index contributed by atoms with van der Waals surface area (Å²) in [5.41, 5.74) is 6.73. The van der Waals surface area contributed by atoms with Crippen molar-refractivity contribution in [1.29, 1.82) is 0 Å². The number of hydrogen-bond acceptors (Lipinski definition) is 5. The first-order valence-electron chi connectivity index (χ1n) is 12.8. The number of hydrogen-bond donors (Lipinski definition) is 5. The second-order valence-corrected chi connectivity index (χ2v) is 9.93. The maximum absolute atomic E-state index is 14.0. The van der Waals surface area contributed by atoms with Crippen LogP contribution in [0.3, 0.4) is 0 Å². The number of likely N-dealkylation sites (tertiary alicyclic amines) is 1. The largest absolute Gasteiger partial charge is 0.368 e. The van der Waals surface area contributed by atoms with Crippen LogP contribution in [0.2, 0.25) is 0 Å². The lowest BCUT2D eigenvalue weighted by atomic mass is 10.1. The number of urea groups is 1. The van der Waals surface area contributed by atoms with Gasteiger partial charge >= 0.3 is 6.03 Å². The van der Waals surface area contributed by atoms with E-state index in [9.17, 15) is 32.8 Å². The maximum Gasteiger partial charge on any atom is 0.319 e. The Bertz CT molecular complexity index is 1190. The van der Waals surface area contributed by atoms with E-state index in [0.717, 1.165) is 17.7 Å². The molecule has 0 bridgehead atoms. The Balaban J connectivity index is 2.14. The van der Waals surface area contributed by atoms with Crippen molar-refractivity contribution in [2.24, 2.45) is 5.73 Å². The number of allylic oxidation sites excluding steroid dienone is 2. The Kier molecular flexibility index (Phi) is 11.8. The van der Waals surface area contributed by atoms with Gasteiger partial charge in [0.05, 0.1) is 11.7 Å². The molecule has 1 aliphatic heterocycles. The summed E-state index contributed by atoms with van der Waals surface area (Å²) in [7, 11) is 0. The molecule has 40 heavy (non-hydrogen) atoms. The lowest BCUT2D eigenvalue weighted by Crippen LogP contribution is -2.58. The first-order chi connectivity index (χ1) is 18.8. The summed E-state index contributed by atoms with van der Waals surface area (Å²) in [6.07, 6.45) is 3.41. The summed E-state index contributed by atoms with van der Waals surface area (Å²) < 4.78 is 27.2. The van der Waals surface area contributed by atoms with Crippen molar-refractivity contribution < 1.29 is 32.8 Å². The highest BCUT2D eigenvalue weighted by atomic mass is 19.1. The molecule has 1 fully saturated rings. The zero-order chi connectivity index (χ0) is 30.0. The monoisotopic (exact) mass is 562 g/mol. The molecular formula is C27H36F2N6O5. The summed E-state index contributed by atoms with van der Waals surface area (Å²) in [6, 6.07) is -1.44. The van der Waals surface area contributed by atoms with Crippen LogP contribution in [0.5, 0.6) is 0 Å². The minimum Gasteiger partial charge on any atom is -0.368 e. The fourth-order valence-electron chi connectivity index (χ4n) is 4.14. The van der Waals surface area contributed by atoms with E-state index in [-0.39, 0.29) is 37.5 Å². The van der Waals surface area contributed by atoms with Crippen molar-refractivity contribution in [2.75, 3.05) is 18.4 Å². The van der Waals surface area contributed by atoms with E-state index >= 15 is 0 Å². The molecule has 11 nitrogen and oxygen atoms in total. The Labute approximate surface area is 231 Å². The smallest absolute Gasteiger partial charge is 0.319 e. The number of nitrogens with one attached hydrogen (secondary N) is 4. The fourth-order valence-corrected chi connectivity index (χ4v) is 4.14. The fraction of sp³-hybridized carbons (Fsp3) is 0.444. The van der Waals surface area contributed by atoms with E-state index in [1.807, 2.05) is 0 Å². The van der Waals surface area contributed by atoms with Crippen LogP contribution in [0.15, 0.2) is 41.5 Å². The number of halogens is 2. The lowest BCUT2D eigenvalue weighted by molar-refractivity contribution is -0.137. The van der Waals surface area contributed by atoms with Crippen molar-refractivity contribution in [1.82, 2.24) is 20.9 Å². The molecule has 13 heteroatoms. The van der Waals surface area contributed by atoms with Gasteiger partial charge in [-0.05, 0) is 59.1 Å². The minimum absolute atomic E-state index is 0.118. The second kappa shape index (κ2) is 14.8. The molecule has 0 aliphatic carbocycles. The number of nitrogens with two attached hydrogens (primary N) is 1. The first kappa shape index (κ1) is 31.9. The highest BCUT2D eigenvalue weighted by Crippen LogP contribution is 2.21. The van der Waals surface area contributed by atoms with Gasteiger partial charge in [-0.15, -0.1) is 0 Å². The number of nitrogens with zero attached hydrogens (tertiary/aromatic N) is 1. The van der Waals surface area contributed by atoms with Gasteiger partial charge in [-0.1, -0.05) is 11.1 Å². The van der Waals surface area contributed by atoms with Gasteiger partial charge in [0.25, 0.3) is 0 Å². The number of carbonyl (C=O) groups excluding carboxylic acids is 5. The van der Waals surface area contributed by atoms with Crippen molar-refractivity contribution in [2.45, 2.75) is 65.1 Å². The third kappa shape index (κ3) is 9.79. The molecule has 0 unspecified atom stereocenters. The van der Waals surface area contributed by atoms with E-state index in [2.05, 4.69) is 21.3 Å². The molecule has 218 valence electrons. The number of carbonyl (C=O) groups is 5. The third-order valence-electron chi connectivity index (χ3n) is 5.91. The van der Waals surface area contributed by atoms with Crippen LogP contribution >= 0.6 is 0 Å². The van der Waals surface area contributed by atoms with Crippen molar-refractivity contribution in [3.8, 4) is 0 Å². The molecule has 6 amide bonds. The predicted molar refractivity (Wildman–Crippen MR) is 145 cm³/mol. The Morgan fingerprint density at radius 1 is 1.07 bits per heavy atom. The van der Waals surface area contributed by atoms with E-state index in [1.165, 1.54) is 17.1 Å². The van der Waals surface area contributed by atoms with Crippen molar-refractivity contribution in [3.63, 3.8) is 0 Å². The average molecular weight is 563 g/mol. The van der Waals surface area contributed by atoms with Crippen molar-refractivity contribution in [3.05, 3.63) is 53.1 Å². The SMILES string of the molecule is CC(C)=CC(=O)NCCC[C@H](NC(=O)[C@@H]1[C@@H](NC(=O)Nc2ccc(F)cc2F)CCN1C(=O)C=C(C)C)C(N)=O. The first-order valence-corrected chi connectivity index (χ1v) is 12.8. The molecule has 3 atom stereocenters. The van der Waals surface area contributed by atoms with Gasteiger partial charge in [0.15, 0.2) is 0 Å². The number of benzene rings is 1. The molecular weight excluding hydrogens is 526 g/mol. The summed E-state index contributed by atoms with van der Waals surface area (Å²) in [4.78, 5) is 64.0. The van der Waals surface area contributed by atoms with E-state index in [0.29, 0.717) is 18.1 Å². The Hall–Kier alpha value is -4.29. The van der Waals surface area contributed by atoms with E-state index < -0.39 is 53.5 Å². The van der Waals surface area contributed by atoms with E-state index in [1.54, 1.807) is 27.7 Å². The van der Waals surface area contributed by atoms with Gasteiger partial charge in [-0.3, -0.25) is 19.2 Å². The highest BCUT2D eigenvalue weighted by Gasteiger charge is 2.43. The second-order valence-electron chi connectivity index (χ2n) is 9.93. The molecule has 6 N–H and O–H groups in total. The molecule has 1 aromatic carbocycles. The molecule has 1 heterocycles. The molecule has 0 saturated carbocycles. The summed E-state index contributed by atoms with van der Waals surface area (Å²) in [5, 5.41) is 10.1. The standard InChI is InChI=1S/C27H36F2N6O5/c1-15(2)12-22(36)31-10-5-6-21(25(30)38)32-26(39)24-20(9-11-35(24)23(37)13-16(3)4)34-27(40)33-19-8-7-17(28)14-18(19)29/h7-8,12-14,20-21,24H,5-6,9-11H2,1-4H3,(H2,30,38)(H,31,36)(H,32,39)(H2,33,34,40)/t20-,21-,24-/m0/s1. The van der Waals surface area contributed by atoms with Crippen LogP contribution in [0.1, 0.15) is 47.0 Å². The molecule has 0 spiro atoms. The van der Waals surface area contributed by atoms with Gasteiger partial charge in [0.1, 0.15) is 23.7 Å². The normalized spacial score (nSPS) is 16.8. The van der Waals surface area contributed by atoms with Crippen LogP contribution in [-0.2, 0) is 19.2 Å². The van der Waals surface area contributed by atoms with Gasteiger partial charge in [-0.2, -0.15) is 0 Å². The summed E-state index contributed by atoms with van der Waals surface area (Å²) >= 11 is 0. The number of amides is 6. The third-order valence-corrected chi connectivity index (χ3v) is 5.91. The minimum atomic E-state index is -1.20. The molecule has 1 saturated heterocycles. The highest BCUT2D eigenvalue weighted by molar-refractivity contribution is 5.97. The number of primary amides is 1. The lowest BCUT2D eigenvalue weighted by Gasteiger charge is -2.28.